The topological polar surface area (TPSA) is 71.0 Å². The van der Waals surface area contributed by atoms with Gasteiger partial charge in [-0.2, -0.15) is 0 Å². The molecule has 100 valence electrons. The zero-order valence-corrected chi connectivity index (χ0v) is 10.4. The van der Waals surface area contributed by atoms with Crippen molar-refractivity contribution in [2.45, 2.75) is 19.1 Å². The van der Waals surface area contributed by atoms with Gasteiger partial charge in [-0.1, -0.05) is 0 Å². The summed E-state index contributed by atoms with van der Waals surface area (Å²) in [5.74, 6) is 0.131. The van der Waals surface area contributed by atoms with Crippen molar-refractivity contribution in [1.82, 2.24) is 5.32 Å². The summed E-state index contributed by atoms with van der Waals surface area (Å²) in [5.41, 5.74) is 0.837. The minimum absolute atomic E-state index is 0.0218. The minimum atomic E-state index is 0.0218. The Morgan fingerprint density at radius 3 is 2.61 bits per heavy atom. The largest absolute Gasteiger partial charge is 0.508 e. The van der Waals surface area contributed by atoms with E-state index in [1.165, 1.54) is 6.07 Å². The van der Waals surface area contributed by atoms with Crippen LogP contribution in [-0.4, -0.2) is 42.7 Å². The summed E-state index contributed by atoms with van der Waals surface area (Å²) < 4.78 is 10.8. The summed E-state index contributed by atoms with van der Waals surface area (Å²) >= 11 is 0. The molecule has 3 N–H and O–H groups in total. The van der Waals surface area contributed by atoms with Crippen LogP contribution in [0.25, 0.3) is 0 Å². The zero-order valence-electron chi connectivity index (χ0n) is 10.4. The summed E-state index contributed by atoms with van der Waals surface area (Å²) in [6.07, 6.45) is 0.0621. The van der Waals surface area contributed by atoms with Crippen LogP contribution in [0.4, 0.5) is 0 Å². The molecule has 0 amide bonds. The summed E-state index contributed by atoms with van der Waals surface area (Å²) in [4.78, 5) is 0. The lowest BCUT2D eigenvalue weighted by Gasteiger charge is -2.25. The molecule has 2 rings (SSSR count). The molecule has 0 aliphatic carbocycles. The maximum absolute atomic E-state index is 9.43. The van der Waals surface area contributed by atoms with E-state index in [1.54, 1.807) is 12.1 Å². The van der Waals surface area contributed by atoms with E-state index in [2.05, 4.69) is 5.32 Å². The normalized spacial score (nSPS) is 21.7. The Balaban J connectivity index is 1.88. The molecule has 0 aromatic heterocycles. The molecule has 0 spiro atoms. The average Bonchev–Trinajstić information content (AvgIpc) is 2.36. The lowest BCUT2D eigenvalue weighted by atomic mass is 10.1. The second-order valence-electron chi connectivity index (χ2n) is 4.48. The Labute approximate surface area is 106 Å². The maximum Gasteiger partial charge on any atom is 0.119 e. The van der Waals surface area contributed by atoms with E-state index < -0.39 is 0 Å². The molecule has 5 nitrogen and oxygen atoms in total. The van der Waals surface area contributed by atoms with Gasteiger partial charge in [0, 0.05) is 18.7 Å². The summed E-state index contributed by atoms with van der Waals surface area (Å²) in [5, 5.41) is 22.2. The number of phenolic OH excluding ortho intramolecular Hbond substituents is 2. The van der Waals surface area contributed by atoms with E-state index in [4.69, 9.17) is 9.47 Å². The quantitative estimate of drug-likeness (QED) is 0.751. The van der Waals surface area contributed by atoms with Gasteiger partial charge in [0.15, 0.2) is 0 Å². The van der Waals surface area contributed by atoms with E-state index in [0.717, 1.165) is 5.56 Å². The third kappa shape index (κ3) is 3.60. The predicted molar refractivity (Wildman–Crippen MR) is 66.7 cm³/mol. The van der Waals surface area contributed by atoms with E-state index >= 15 is 0 Å². The molecule has 1 saturated heterocycles. The minimum Gasteiger partial charge on any atom is -0.508 e. The second-order valence-corrected chi connectivity index (χ2v) is 4.48. The number of benzene rings is 1. The fraction of sp³-hybridized carbons (Fsp3) is 0.538. The van der Waals surface area contributed by atoms with Crippen molar-refractivity contribution in [1.29, 1.82) is 0 Å². The lowest BCUT2D eigenvalue weighted by Crippen LogP contribution is -2.38. The van der Waals surface area contributed by atoms with Crippen LogP contribution in [0, 0.1) is 0 Å². The van der Waals surface area contributed by atoms with Crippen molar-refractivity contribution in [2.24, 2.45) is 0 Å². The molecule has 1 aromatic carbocycles. The van der Waals surface area contributed by atoms with Crippen molar-refractivity contribution < 1.29 is 19.7 Å². The number of rotatable bonds is 4. The van der Waals surface area contributed by atoms with E-state index in [1.807, 2.05) is 6.92 Å². The number of hydrogen-bond donors (Lipinski definition) is 3. The number of hydrogen-bond acceptors (Lipinski definition) is 5. The highest BCUT2D eigenvalue weighted by Gasteiger charge is 2.16. The Hall–Kier alpha value is -1.30. The van der Waals surface area contributed by atoms with E-state index in [-0.39, 0.29) is 23.6 Å². The van der Waals surface area contributed by atoms with Crippen LogP contribution in [-0.2, 0) is 9.47 Å². The fourth-order valence-electron chi connectivity index (χ4n) is 1.95. The smallest absolute Gasteiger partial charge is 0.119 e. The molecule has 0 saturated carbocycles. The van der Waals surface area contributed by atoms with Gasteiger partial charge in [0.2, 0.25) is 0 Å². The molecule has 1 aliphatic rings. The van der Waals surface area contributed by atoms with Crippen LogP contribution in [0.1, 0.15) is 18.5 Å². The molecule has 2 atom stereocenters. The molecular formula is C13H19NO4. The fourth-order valence-corrected chi connectivity index (χ4v) is 1.95. The second kappa shape index (κ2) is 6.04. The molecule has 18 heavy (non-hydrogen) atoms. The number of phenols is 2. The van der Waals surface area contributed by atoms with Crippen molar-refractivity contribution in [3.63, 3.8) is 0 Å². The molecule has 1 aromatic rings. The van der Waals surface area contributed by atoms with E-state index in [0.29, 0.717) is 26.4 Å². The Bertz CT molecular complexity index is 370. The van der Waals surface area contributed by atoms with Crippen LogP contribution in [0.15, 0.2) is 18.2 Å². The first kappa shape index (κ1) is 13.1. The van der Waals surface area contributed by atoms with Crippen LogP contribution in [0.3, 0.4) is 0 Å². The predicted octanol–water partition coefficient (Wildman–Crippen LogP) is 1.16. The molecule has 1 fully saturated rings. The first-order chi connectivity index (χ1) is 8.65. The monoisotopic (exact) mass is 253 g/mol. The highest BCUT2D eigenvalue weighted by atomic mass is 16.6. The molecule has 0 bridgehead atoms. The van der Waals surface area contributed by atoms with Gasteiger partial charge in [-0.05, 0) is 24.6 Å². The first-order valence-electron chi connectivity index (χ1n) is 6.11. The third-order valence-corrected chi connectivity index (χ3v) is 2.96. The van der Waals surface area contributed by atoms with Crippen LogP contribution < -0.4 is 5.32 Å². The van der Waals surface area contributed by atoms with Crippen molar-refractivity contribution in [3.8, 4) is 11.5 Å². The SMILES string of the molecule is CC(NCC1COCCO1)c1cc(O)cc(O)c1. The van der Waals surface area contributed by atoms with E-state index in [9.17, 15) is 10.2 Å². The zero-order chi connectivity index (χ0) is 13.0. The van der Waals surface area contributed by atoms with Gasteiger partial charge in [-0.25, -0.2) is 0 Å². The highest BCUT2D eigenvalue weighted by molar-refractivity contribution is 5.37. The van der Waals surface area contributed by atoms with Gasteiger partial charge in [0.25, 0.3) is 0 Å². The van der Waals surface area contributed by atoms with Gasteiger partial charge >= 0.3 is 0 Å². The Morgan fingerprint density at radius 1 is 1.28 bits per heavy atom. The van der Waals surface area contributed by atoms with Gasteiger partial charge in [0.1, 0.15) is 11.5 Å². The lowest BCUT2D eigenvalue weighted by molar-refractivity contribution is -0.0869. The van der Waals surface area contributed by atoms with Crippen LogP contribution >= 0.6 is 0 Å². The van der Waals surface area contributed by atoms with Crippen molar-refractivity contribution >= 4 is 0 Å². The summed E-state index contributed by atoms with van der Waals surface area (Å²) in [7, 11) is 0. The van der Waals surface area contributed by atoms with Gasteiger partial charge < -0.3 is 25.0 Å². The third-order valence-electron chi connectivity index (χ3n) is 2.96. The van der Waals surface area contributed by atoms with Crippen molar-refractivity contribution in [3.05, 3.63) is 23.8 Å². The average molecular weight is 253 g/mol. The Morgan fingerprint density at radius 2 is 2.00 bits per heavy atom. The summed E-state index contributed by atoms with van der Waals surface area (Å²) in [6.45, 7) is 4.54. The van der Waals surface area contributed by atoms with Gasteiger partial charge in [-0.15, -0.1) is 0 Å². The molecular weight excluding hydrogens is 234 g/mol. The first-order valence-corrected chi connectivity index (χ1v) is 6.11. The van der Waals surface area contributed by atoms with Gasteiger partial charge in [0.05, 0.1) is 25.9 Å². The van der Waals surface area contributed by atoms with Gasteiger partial charge in [-0.3, -0.25) is 0 Å². The number of aromatic hydroxyl groups is 2. The standard InChI is InChI=1S/C13H19NO4/c1-9(10-4-11(15)6-12(16)5-10)14-7-13-8-17-2-3-18-13/h4-6,9,13-16H,2-3,7-8H2,1H3. The van der Waals surface area contributed by atoms with Crippen LogP contribution in [0.2, 0.25) is 0 Å². The molecule has 5 heteroatoms. The Kier molecular flexibility index (Phi) is 4.41. The highest BCUT2D eigenvalue weighted by Crippen LogP contribution is 2.24. The number of ether oxygens (including phenoxy) is 2. The molecule has 1 heterocycles. The summed E-state index contributed by atoms with van der Waals surface area (Å²) in [6, 6.07) is 4.60. The number of nitrogens with one attached hydrogen (secondary N) is 1. The molecule has 2 unspecified atom stereocenters. The molecule has 0 radical (unpaired) electrons. The molecule has 1 aliphatic heterocycles. The van der Waals surface area contributed by atoms with Crippen LogP contribution in [0.5, 0.6) is 11.5 Å². The van der Waals surface area contributed by atoms with Crippen molar-refractivity contribution in [2.75, 3.05) is 26.4 Å². The maximum atomic E-state index is 9.43.